The highest BCUT2D eigenvalue weighted by Crippen LogP contribution is 2.33. The van der Waals surface area contributed by atoms with Gasteiger partial charge in [0.1, 0.15) is 11.6 Å². The Balaban J connectivity index is 1.38. The average Bonchev–Trinajstić information content (AvgIpc) is 2.75. The SMILES string of the molecule is O=C(N[C@H]1CC[C@@H](Nc2nc(C(F)(F)F)nc3c2CCCC3)CC1)c1ccc(F)cc1. The number of nitrogens with zero attached hydrogens (tertiary/aromatic N) is 2. The Bertz CT molecular complexity index is 938. The second-order valence-corrected chi connectivity index (χ2v) is 8.20. The van der Waals surface area contributed by atoms with Gasteiger partial charge in [-0.15, -0.1) is 0 Å². The summed E-state index contributed by atoms with van der Waals surface area (Å²) in [6, 6.07) is 5.32. The van der Waals surface area contributed by atoms with Crippen molar-refractivity contribution in [2.75, 3.05) is 5.32 Å². The standard InChI is InChI=1S/C22H24F4N4O/c23-14-7-5-13(6-8-14)20(31)28-16-11-9-15(10-12-16)27-19-17-3-1-2-4-18(17)29-21(30-19)22(24,25)26/h5-8,15-16H,1-4,9-12H2,(H,28,31)(H,27,29,30)/t15-,16+. The van der Waals surface area contributed by atoms with Gasteiger partial charge in [-0.3, -0.25) is 4.79 Å². The summed E-state index contributed by atoms with van der Waals surface area (Å²) in [5, 5.41) is 6.18. The Kier molecular flexibility index (Phi) is 6.11. The summed E-state index contributed by atoms with van der Waals surface area (Å²) >= 11 is 0. The van der Waals surface area contributed by atoms with Gasteiger partial charge in [0, 0.05) is 28.9 Å². The summed E-state index contributed by atoms with van der Waals surface area (Å²) in [5.74, 6) is -1.44. The molecule has 5 nitrogen and oxygen atoms in total. The molecule has 0 atom stereocenters. The van der Waals surface area contributed by atoms with E-state index in [1.165, 1.54) is 24.3 Å². The minimum atomic E-state index is -4.58. The third-order valence-corrected chi connectivity index (χ3v) is 5.95. The molecule has 1 amide bonds. The third-order valence-electron chi connectivity index (χ3n) is 5.95. The minimum Gasteiger partial charge on any atom is -0.367 e. The molecule has 0 saturated heterocycles. The molecule has 2 aliphatic rings. The van der Waals surface area contributed by atoms with Crippen LogP contribution in [0.1, 0.15) is 66.0 Å². The molecular weight excluding hydrogens is 412 g/mol. The smallest absolute Gasteiger partial charge is 0.367 e. The van der Waals surface area contributed by atoms with Crippen molar-refractivity contribution >= 4 is 11.7 Å². The second-order valence-electron chi connectivity index (χ2n) is 8.20. The molecule has 2 N–H and O–H groups in total. The van der Waals surface area contributed by atoms with Crippen molar-refractivity contribution in [2.24, 2.45) is 0 Å². The Morgan fingerprint density at radius 3 is 2.26 bits per heavy atom. The van der Waals surface area contributed by atoms with E-state index in [1.807, 2.05) is 0 Å². The fourth-order valence-electron chi connectivity index (χ4n) is 4.29. The van der Waals surface area contributed by atoms with Gasteiger partial charge >= 0.3 is 6.18 Å². The van der Waals surface area contributed by atoms with Crippen LogP contribution in [0, 0.1) is 5.82 Å². The number of fused-ring (bicyclic) bond motifs is 1. The van der Waals surface area contributed by atoms with E-state index in [2.05, 4.69) is 20.6 Å². The number of hydrogen-bond acceptors (Lipinski definition) is 4. The van der Waals surface area contributed by atoms with Crippen molar-refractivity contribution in [3.63, 3.8) is 0 Å². The highest BCUT2D eigenvalue weighted by atomic mass is 19.4. The van der Waals surface area contributed by atoms with Gasteiger partial charge < -0.3 is 10.6 Å². The predicted molar refractivity (Wildman–Crippen MR) is 107 cm³/mol. The summed E-state index contributed by atoms with van der Waals surface area (Å²) in [5.41, 5.74) is 1.69. The van der Waals surface area contributed by atoms with Gasteiger partial charge in [0.05, 0.1) is 0 Å². The van der Waals surface area contributed by atoms with Gasteiger partial charge in [-0.05, 0) is 75.6 Å². The molecule has 0 bridgehead atoms. The van der Waals surface area contributed by atoms with Gasteiger partial charge in [-0.25, -0.2) is 14.4 Å². The molecule has 0 radical (unpaired) electrons. The summed E-state index contributed by atoms with van der Waals surface area (Å²) in [7, 11) is 0. The van der Waals surface area contributed by atoms with Crippen molar-refractivity contribution in [3.8, 4) is 0 Å². The van der Waals surface area contributed by atoms with Gasteiger partial charge in [0.2, 0.25) is 5.82 Å². The Morgan fingerprint density at radius 1 is 0.935 bits per heavy atom. The molecule has 0 unspecified atom stereocenters. The van der Waals surface area contributed by atoms with E-state index < -0.39 is 17.8 Å². The number of anilines is 1. The lowest BCUT2D eigenvalue weighted by atomic mass is 9.90. The maximum atomic E-state index is 13.2. The number of amides is 1. The quantitative estimate of drug-likeness (QED) is 0.684. The zero-order chi connectivity index (χ0) is 22.0. The molecule has 2 aromatic rings. The largest absolute Gasteiger partial charge is 0.451 e. The van der Waals surface area contributed by atoms with Gasteiger partial charge in [-0.2, -0.15) is 13.2 Å². The molecule has 1 aromatic heterocycles. The molecule has 31 heavy (non-hydrogen) atoms. The van der Waals surface area contributed by atoms with Crippen molar-refractivity contribution < 1.29 is 22.4 Å². The van der Waals surface area contributed by atoms with Gasteiger partial charge in [0.25, 0.3) is 5.91 Å². The number of aromatic nitrogens is 2. The number of halogens is 4. The second kappa shape index (κ2) is 8.80. The first kappa shape index (κ1) is 21.5. The lowest BCUT2D eigenvalue weighted by molar-refractivity contribution is -0.145. The van der Waals surface area contributed by atoms with Gasteiger partial charge in [0.15, 0.2) is 0 Å². The zero-order valence-electron chi connectivity index (χ0n) is 16.9. The Morgan fingerprint density at radius 2 is 1.58 bits per heavy atom. The van der Waals surface area contributed by atoms with Crippen LogP contribution in [0.15, 0.2) is 24.3 Å². The summed E-state index contributed by atoms with van der Waals surface area (Å²) in [4.78, 5) is 19.9. The van der Waals surface area contributed by atoms with Crippen LogP contribution in [-0.2, 0) is 19.0 Å². The monoisotopic (exact) mass is 436 g/mol. The minimum absolute atomic E-state index is 0.0130. The number of nitrogens with one attached hydrogen (secondary N) is 2. The summed E-state index contributed by atoms with van der Waals surface area (Å²) < 4.78 is 52.7. The lowest BCUT2D eigenvalue weighted by Crippen LogP contribution is -2.40. The molecule has 2 aliphatic carbocycles. The van der Waals surface area contributed by atoms with E-state index in [0.29, 0.717) is 55.6 Å². The number of aryl methyl sites for hydroxylation is 1. The molecule has 1 aromatic carbocycles. The average molecular weight is 436 g/mol. The van der Waals surface area contributed by atoms with Crippen molar-refractivity contribution in [3.05, 3.63) is 52.7 Å². The Labute approximate surface area is 177 Å². The highest BCUT2D eigenvalue weighted by Gasteiger charge is 2.37. The zero-order valence-corrected chi connectivity index (χ0v) is 16.9. The summed E-state index contributed by atoms with van der Waals surface area (Å²) in [6.07, 6.45) is 1.19. The maximum Gasteiger partial charge on any atom is 0.451 e. The number of benzene rings is 1. The van der Waals surface area contributed by atoms with Crippen molar-refractivity contribution in [1.29, 1.82) is 0 Å². The Hall–Kier alpha value is -2.71. The number of carbonyl (C=O) groups excluding carboxylic acids is 1. The third kappa shape index (κ3) is 5.14. The van der Waals surface area contributed by atoms with Crippen LogP contribution in [0.5, 0.6) is 0 Å². The van der Waals surface area contributed by atoms with E-state index in [-0.39, 0.29) is 18.0 Å². The van der Waals surface area contributed by atoms with Crippen LogP contribution >= 0.6 is 0 Å². The number of alkyl halides is 3. The molecule has 0 spiro atoms. The normalized spacial score (nSPS) is 21.3. The van der Waals surface area contributed by atoms with Crippen LogP contribution in [0.25, 0.3) is 0 Å². The first-order chi connectivity index (χ1) is 14.8. The van der Waals surface area contributed by atoms with E-state index in [4.69, 9.17) is 0 Å². The first-order valence-corrected chi connectivity index (χ1v) is 10.6. The van der Waals surface area contributed by atoms with E-state index in [9.17, 15) is 22.4 Å². The summed E-state index contributed by atoms with van der Waals surface area (Å²) in [6.45, 7) is 0. The highest BCUT2D eigenvalue weighted by molar-refractivity contribution is 5.94. The van der Waals surface area contributed by atoms with E-state index in [1.54, 1.807) is 0 Å². The topological polar surface area (TPSA) is 66.9 Å². The van der Waals surface area contributed by atoms with E-state index >= 15 is 0 Å². The number of rotatable bonds is 4. The van der Waals surface area contributed by atoms with Crippen molar-refractivity contribution in [1.82, 2.24) is 15.3 Å². The van der Waals surface area contributed by atoms with Crippen molar-refractivity contribution in [2.45, 2.75) is 69.6 Å². The van der Waals surface area contributed by atoms with Crippen LogP contribution in [-0.4, -0.2) is 28.0 Å². The van der Waals surface area contributed by atoms with Crippen LogP contribution in [0.3, 0.4) is 0 Å². The number of carbonyl (C=O) groups is 1. The first-order valence-electron chi connectivity index (χ1n) is 10.6. The molecule has 0 aliphatic heterocycles. The molecule has 1 saturated carbocycles. The van der Waals surface area contributed by atoms with Gasteiger partial charge in [-0.1, -0.05) is 0 Å². The van der Waals surface area contributed by atoms with Crippen LogP contribution in [0.4, 0.5) is 23.4 Å². The predicted octanol–water partition coefficient (Wildman–Crippen LogP) is 4.67. The molecule has 4 rings (SSSR count). The number of hydrogen-bond donors (Lipinski definition) is 2. The molecule has 1 heterocycles. The molecule has 166 valence electrons. The van der Waals surface area contributed by atoms with E-state index in [0.717, 1.165) is 18.4 Å². The molecular formula is C22H24F4N4O. The maximum absolute atomic E-state index is 13.2. The fourth-order valence-corrected chi connectivity index (χ4v) is 4.29. The van der Waals surface area contributed by atoms with Crippen LogP contribution in [0.2, 0.25) is 0 Å². The lowest BCUT2D eigenvalue weighted by Gasteiger charge is -2.31. The molecule has 9 heteroatoms. The fraction of sp³-hybridized carbons (Fsp3) is 0.500. The van der Waals surface area contributed by atoms with Crippen LogP contribution < -0.4 is 10.6 Å². The molecule has 1 fully saturated rings.